The summed E-state index contributed by atoms with van der Waals surface area (Å²) in [6.07, 6.45) is 0.0802. The third kappa shape index (κ3) is 4.57. The van der Waals surface area contributed by atoms with Crippen LogP contribution in [0.1, 0.15) is 22.8 Å². The third-order valence-electron chi connectivity index (χ3n) is 3.62. The number of benzene rings is 2. The first-order chi connectivity index (χ1) is 11.5. The average Bonchev–Trinajstić information content (AvgIpc) is 2.84. The molecule has 1 aliphatic heterocycles. The molecular formula is C15H14BNO6S. The highest BCUT2D eigenvalue weighted by molar-refractivity contribution is 7.51. The largest absolute Gasteiger partial charge is 0.492 e. The van der Waals surface area contributed by atoms with Gasteiger partial charge < -0.3 is 9.68 Å². The van der Waals surface area contributed by atoms with Gasteiger partial charge in [0.2, 0.25) is 6.54 Å². The zero-order valence-corrected chi connectivity index (χ0v) is 13.3. The molecule has 1 unspecified atom stereocenters. The highest BCUT2D eigenvalue weighted by Gasteiger charge is 2.37. The first kappa shape index (κ1) is 18.0. The molecule has 9 heteroatoms. The van der Waals surface area contributed by atoms with Gasteiger partial charge in [-0.15, -0.1) is 0 Å². The second kappa shape index (κ2) is 8.48. The molecule has 0 spiro atoms. The predicted octanol–water partition coefficient (Wildman–Crippen LogP) is 0.643. The van der Waals surface area contributed by atoms with E-state index in [-0.39, 0.29) is 6.54 Å². The topological polar surface area (TPSA) is 107 Å². The fourth-order valence-electron chi connectivity index (χ4n) is 2.65. The summed E-state index contributed by atoms with van der Waals surface area (Å²) in [6.45, 7) is -0.331. The standard InChI is InChI=1S/C15H14BNO4.O2S/c18-16-14-9-12(8-11-4-2-1-3-5-11)6-7-13(14)15(21-16)10-17(19)20;1-3-2/h1-7,9,15,18H,8,10H2;. The summed E-state index contributed by atoms with van der Waals surface area (Å²) in [5, 5.41) is 20.5. The Kier molecular flexibility index (Phi) is 6.36. The zero-order chi connectivity index (χ0) is 17.5. The molecule has 0 bridgehead atoms. The number of fused-ring (bicyclic) bond motifs is 1. The number of hydrogen-bond acceptors (Lipinski definition) is 6. The lowest BCUT2D eigenvalue weighted by atomic mass is 9.78. The van der Waals surface area contributed by atoms with Gasteiger partial charge in [0.25, 0.3) is 0 Å². The van der Waals surface area contributed by atoms with Gasteiger partial charge in [0, 0.05) is 4.92 Å². The summed E-state index contributed by atoms with van der Waals surface area (Å²) in [6, 6.07) is 15.6. The molecule has 0 amide bonds. The maximum atomic E-state index is 10.6. The van der Waals surface area contributed by atoms with Crippen molar-refractivity contribution in [2.45, 2.75) is 12.5 Å². The molecule has 1 heterocycles. The summed E-state index contributed by atoms with van der Waals surface area (Å²) in [7, 11) is -1.08. The van der Waals surface area contributed by atoms with Gasteiger partial charge in [-0.25, -0.2) is 0 Å². The summed E-state index contributed by atoms with van der Waals surface area (Å²) < 4.78 is 21.8. The van der Waals surface area contributed by atoms with Crippen LogP contribution in [-0.4, -0.2) is 32.0 Å². The monoisotopic (exact) mass is 347 g/mol. The van der Waals surface area contributed by atoms with E-state index < -0.39 is 29.7 Å². The van der Waals surface area contributed by atoms with Crippen molar-refractivity contribution in [3.8, 4) is 0 Å². The molecular weight excluding hydrogens is 333 g/mol. The van der Waals surface area contributed by atoms with Crippen molar-refractivity contribution >= 4 is 24.2 Å². The molecule has 0 aliphatic carbocycles. The second-order valence-corrected chi connectivity index (χ2v) is 5.32. The summed E-state index contributed by atoms with van der Waals surface area (Å²) in [5.41, 5.74) is 3.56. The lowest BCUT2D eigenvalue weighted by molar-refractivity contribution is -0.490. The van der Waals surface area contributed by atoms with Gasteiger partial charge in [-0.2, -0.15) is 8.42 Å². The Morgan fingerprint density at radius 3 is 2.46 bits per heavy atom. The highest BCUT2D eigenvalue weighted by Crippen LogP contribution is 2.24. The maximum absolute atomic E-state index is 10.6. The Morgan fingerprint density at radius 2 is 1.83 bits per heavy atom. The minimum atomic E-state index is -1.08. The zero-order valence-electron chi connectivity index (χ0n) is 12.5. The summed E-state index contributed by atoms with van der Waals surface area (Å²) in [5.74, 6) is 0. The first-order valence-electron chi connectivity index (χ1n) is 7.09. The van der Waals surface area contributed by atoms with Crippen LogP contribution in [0.3, 0.4) is 0 Å². The first-order valence-corrected chi connectivity index (χ1v) is 7.75. The van der Waals surface area contributed by atoms with Gasteiger partial charge >= 0.3 is 18.7 Å². The number of hydrogen-bond donors (Lipinski definition) is 1. The molecule has 0 saturated carbocycles. The Morgan fingerprint density at radius 1 is 1.17 bits per heavy atom. The van der Waals surface area contributed by atoms with E-state index in [0.717, 1.165) is 12.0 Å². The van der Waals surface area contributed by atoms with Crippen LogP contribution >= 0.6 is 0 Å². The molecule has 24 heavy (non-hydrogen) atoms. The smallest absolute Gasteiger partial charge is 0.423 e. The normalized spacial score (nSPS) is 15.2. The Balaban J connectivity index is 0.000000647. The van der Waals surface area contributed by atoms with E-state index in [4.69, 9.17) is 13.1 Å². The van der Waals surface area contributed by atoms with E-state index in [9.17, 15) is 15.1 Å². The summed E-state index contributed by atoms with van der Waals surface area (Å²) >= 11 is -0.750. The van der Waals surface area contributed by atoms with Crippen molar-refractivity contribution in [1.82, 2.24) is 0 Å². The van der Waals surface area contributed by atoms with Crippen LogP contribution < -0.4 is 5.46 Å². The molecule has 1 atom stereocenters. The van der Waals surface area contributed by atoms with Crippen LogP contribution in [0.15, 0.2) is 48.5 Å². The van der Waals surface area contributed by atoms with Gasteiger partial charge in [0.1, 0.15) is 6.10 Å². The summed E-state index contributed by atoms with van der Waals surface area (Å²) in [4.78, 5) is 10.2. The molecule has 3 rings (SSSR count). The van der Waals surface area contributed by atoms with E-state index in [0.29, 0.717) is 11.0 Å². The Bertz CT molecular complexity index is 751. The van der Waals surface area contributed by atoms with Gasteiger partial charge in [-0.05, 0) is 28.6 Å². The molecule has 0 aromatic heterocycles. The van der Waals surface area contributed by atoms with Crippen LogP contribution in [-0.2, 0) is 22.6 Å². The second-order valence-electron chi connectivity index (χ2n) is 5.19. The van der Waals surface area contributed by atoms with Crippen LogP contribution in [0.2, 0.25) is 0 Å². The fraction of sp³-hybridized carbons (Fsp3) is 0.200. The van der Waals surface area contributed by atoms with Gasteiger partial charge in [-0.1, -0.05) is 48.5 Å². The van der Waals surface area contributed by atoms with Crippen LogP contribution in [0.5, 0.6) is 0 Å². The van der Waals surface area contributed by atoms with Crippen molar-refractivity contribution in [1.29, 1.82) is 0 Å². The van der Waals surface area contributed by atoms with Crippen LogP contribution in [0.4, 0.5) is 0 Å². The molecule has 124 valence electrons. The van der Waals surface area contributed by atoms with Gasteiger partial charge in [-0.3, -0.25) is 10.1 Å². The lowest BCUT2D eigenvalue weighted by Crippen LogP contribution is -2.28. The van der Waals surface area contributed by atoms with Crippen molar-refractivity contribution in [2.75, 3.05) is 6.54 Å². The Labute approximate surface area is 142 Å². The van der Waals surface area contributed by atoms with Gasteiger partial charge in [0.05, 0.1) is 0 Å². The average molecular weight is 347 g/mol. The molecule has 1 aliphatic rings. The van der Waals surface area contributed by atoms with Crippen molar-refractivity contribution in [3.63, 3.8) is 0 Å². The van der Waals surface area contributed by atoms with Crippen LogP contribution in [0, 0.1) is 10.1 Å². The van der Waals surface area contributed by atoms with Crippen molar-refractivity contribution in [2.24, 2.45) is 0 Å². The maximum Gasteiger partial charge on any atom is 0.492 e. The molecule has 0 radical (unpaired) electrons. The molecule has 2 aromatic carbocycles. The third-order valence-corrected chi connectivity index (χ3v) is 3.62. The lowest BCUT2D eigenvalue weighted by Gasteiger charge is -2.07. The molecule has 0 saturated heterocycles. The minimum absolute atomic E-state index is 0.331. The van der Waals surface area contributed by atoms with E-state index in [1.54, 1.807) is 0 Å². The molecule has 0 fully saturated rings. The van der Waals surface area contributed by atoms with Crippen LogP contribution in [0.25, 0.3) is 0 Å². The van der Waals surface area contributed by atoms with E-state index in [1.165, 1.54) is 5.56 Å². The van der Waals surface area contributed by atoms with E-state index >= 15 is 0 Å². The Hall–Kier alpha value is -2.36. The van der Waals surface area contributed by atoms with Crippen molar-refractivity contribution < 1.29 is 23.0 Å². The van der Waals surface area contributed by atoms with Crippen molar-refractivity contribution in [3.05, 3.63) is 75.3 Å². The predicted molar refractivity (Wildman–Crippen MR) is 87.9 cm³/mol. The molecule has 2 aromatic rings. The van der Waals surface area contributed by atoms with E-state index in [1.807, 2.05) is 48.5 Å². The minimum Gasteiger partial charge on any atom is -0.423 e. The highest BCUT2D eigenvalue weighted by atomic mass is 32.1. The number of rotatable bonds is 4. The fourth-order valence-corrected chi connectivity index (χ4v) is 2.65. The quantitative estimate of drug-likeness (QED) is 0.494. The number of nitro groups is 1. The SMILES string of the molecule is O=S=O.O=[N+]([O-])CC1OB(O)c2cc(Cc3ccccc3)ccc21. The number of nitrogens with zero attached hydrogens (tertiary/aromatic N) is 1. The van der Waals surface area contributed by atoms with Gasteiger partial charge in [0.15, 0.2) is 0 Å². The molecule has 1 N–H and O–H groups in total. The molecule has 7 nitrogen and oxygen atoms in total. The van der Waals surface area contributed by atoms with E-state index in [2.05, 4.69) is 0 Å².